The number of aliphatic hydroxyl groups excluding tert-OH is 1. The number of nitrogens with one attached hydrogen (secondary N) is 1. The van der Waals surface area contributed by atoms with Crippen LogP contribution in [0.3, 0.4) is 0 Å². The fourth-order valence-electron chi connectivity index (χ4n) is 2.82. The average Bonchev–Trinajstić information content (AvgIpc) is 3.02. The fourth-order valence-corrected chi connectivity index (χ4v) is 2.82. The smallest absolute Gasteiger partial charge is 0.134 e. The molecule has 3 rings (SSSR count). The van der Waals surface area contributed by atoms with E-state index in [2.05, 4.69) is 15.6 Å². The highest BCUT2D eigenvalue weighted by atomic mass is 16.5. The Morgan fingerprint density at radius 1 is 1.42 bits per heavy atom. The number of hydrogen-bond acceptors (Lipinski definition) is 6. The van der Waals surface area contributed by atoms with Gasteiger partial charge in [0.05, 0.1) is 24.9 Å². The van der Waals surface area contributed by atoms with Gasteiger partial charge in [0.25, 0.3) is 0 Å². The second kappa shape index (κ2) is 8.23. The molecule has 130 valence electrons. The van der Waals surface area contributed by atoms with Crippen LogP contribution in [-0.4, -0.2) is 46.0 Å². The van der Waals surface area contributed by atoms with Gasteiger partial charge in [-0.2, -0.15) is 0 Å². The topological polar surface area (TPSA) is 81.4 Å². The van der Waals surface area contributed by atoms with E-state index in [9.17, 15) is 5.11 Å². The Kier molecular flexibility index (Phi) is 5.79. The number of aliphatic hydroxyl groups is 1. The zero-order valence-corrected chi connectivity index (χ0v) is 13.9. The molecule has 1 saturated heterocycles. The highest BCUT2D eigenvalue weighted by Gasteiger charge is 2.21. The van der Waals surface area contributed by atoms with E-state index in [0.29, 0.717) is 32.6 Å². The van der Waals surface area contributed by atoms with Crippen LogP contribution in [0.25, 0.3) is 0 Å². The lowest BCUT2D eigenvalue weighted by molar-refractivity contribution is -0.0512. The molecule has 2 unspecified atom stereocenters. The summed E-state index contributed by atoms with van der Waals surface area (Å²) in [6.07, 6.45) is 2.92. The van der Waals surface area contributed by atoms with Crippen molar-refractivity contribution in [1.82, 2.24) is 20.3 Å². The van der Waals surface area contributed by atoms with Gasteiger partial charge in [0.1, 0.15) is 18.1 Å². The Bertz CT molecular complexity index is 646. The molecule has 1 aromatic carbocycles. The van der Waals surface area contributed by atoms with Crippen molar-refractivity contribution in [2.24, 2.45) is 0 Å². The predicted molar refractivity (Wildman–Crippen MR) is 88.5 cm³/mol. The maximum absolute atomic E-state index is 9.69. The van der Waals surface area contributed by atoms with Crippen molar-refractivity contribution in [3.63, 3.8) is 0 Å². The quantitative estimate of drug-likeness (QED) is 0.791. The van der Waals surface area contributed by atoms with Gasteiger partial charge in [-0.15, -0.1) is 5.10 Å². The van der Waals surface area contributed by atoms with Crippen molar-refractivity contribution < 1.29 is 14.6 Å². The molecule has 0 aliphatic carbocycles. The molecule has 2 atom stereocenters. The van der Waals surface area contributed by atoms with Crippen LogP contribution in [0.4, 0.5) is 0 Å². The van der Waals surface area contributed by atoms with E-state index in [0.717, 1.165) is 23.6 Å². The molecule has 7 nitrogen and oxygen atoms in total. The number of ether oxygens (including phenoxy) is 2. The molecule has 7 heteroatoms. The SMILES string of the molecule is CNCc1ccccc1OCc1cn(CC2CC(O)CCO2)nn1. The van der Waals surface area contributed by atoms with Gasteiger partial charge in [0.15, 0.2) is 0 Å². The van der Waals surface area contributed by atoms with Gasteiger partial charge < -0.3 is 19.9 Å². The lowest BCUT2D eigenvalue weighted by Gasteiger charge is -2.26. The lowest BCUT2D eigenvalue weighted by Crippen LogP contribution is -2.32. The number of nitrogens with zero attached hydrogens (tertiary/aromatic N) is 3. The van der Waals surface area contributed by atoms with Crippen LogP contribution >= 0.6 is 0 Å². The van der Waals surface area contributed by atoms with Gasteiger partial charge in [-0.05, 0) is 19.5 Å². The first kappa shape index (κ1) is 16.9. The third-order valence-corrected chi connectivity index (χ3v) is 4.03. The molecule has 0 radical (unpaired) electrons. The molecule has 1 aliphatic rings. The van der Waals surface area contributed by atoms with E-state index in [1.807, 2.05) is 37.5 Å². The third kappa shape index (κ3) is 4.53. The molecule has 0 amide bonds. The van der Waals surface area contributed by atoms with Crippen LogP contribution in [0.1, 0.15) is 24.1 Å². The third-order valence-electron chi connectivity index (χ3n) is 4.03. The molecular weight excluding hydrogens is 308 g/mol. The standard InChI is InChI=1S/C17H24N4O3/c1-18-9-13-4-2-3-5-17(13)24-12-14-10-21(20-19-14)11-16-8-15(22)6-7-23-16/h2-5,10,15-16,18,22H,6-9,11-12H2,1H3. The minimum atomic E-state index is -0.279. The van der Waals surface area contributed by atoms with E-state index < -0.39 is 0 Å². The second-order valence-electron chi connectivity index (χ2n) is 6.03. The van der Waals surface area contributed by atoms with E-state index in [4.69, 9.17) is 9.47 Å². The summed E-state index contributed by atoms with van der Waals surface area (Å²) in [5.41, 5.74) is 1.88. The number of aromatic nitrogens is 3. The van der Waals surface area contributed by atoms with E-state index in [-0.39, 0.29) is 12.2 Å². The first-order valence-electron chi connectivity index (χ1n) is 8.28. The first-order valence-corrected chi connectivity index (χ1v) is 8.28. The summed E-state index contributed by atoms with van der Waals surface area (Å²) in [5.74, 6) is 0.847. The highest BCUT2D eigenvalue weighted by Crippen LogP contribution is 2.19. The van der Waals surface area contributed by atoms with Crippen molar-refractivity contribution in [2.75, 3.05) is 13.7 Å². The molecule has 1 aromatic heterocycles. The Morgan fingerprint density at radius 2 is 2.29 bits per heavy atom. The van der Waals surface area contributed by atoms with Crippen LogP contribution in [0.15, 0.2) is 30.5 Å². The van der Waals surface area contributed by atoms with Gasteiger partial charge >= 0.3 is 0 Å². The van der Waals surface area contributed by atoms with Gasteiger partial charge in [-0.3, -0.25) is 0 Å². The molecule has 1 fully saturated rings. The number of benzene rings is 1. The zero-order chi connectivity index (χ0) is 16.8. The number of rotatable bonds is 7. The summed E-state index contributed by atoms with van der Waals surface area (Å²) in [6, 6.07) is 7.94. The number of hydrogen-bond donors (Lipinski definition) is 2. The Balaban J connectivity index is 1.54. The highest BCUT2D eigenvalue weighted by molar-refractivity contribution is 5.33. The summed E-state index contributed by atoms with van der Waals surface area (Å²) < 4.78 is 13.3. The molecule has 2 heterocycles. The minimum absolute atomic E-state index is 0.0134. The molecule has 2 aromatic rings. The molecule has 2 N–H and O–H groups in total. The number of para-hydroxylation sites is 1. The fraction of sp³-hybridized carbons (Fsp3) is 0.529. The van der Waals surface area contributed by atoms with Crippen LogP contribution in [-0.2, 0) is 24.4 Å². The largest absolute Gasteiger partial charge is 0.487 e. The summed E-state index contributed by atoms with van der Waals surface area (Å²) in [6.45, 7) is 2.32. The Morgan fingerprint density at radius 3 is 3.12 bits per heavy atom. The maximum atomic E-state index is 9.69. The Hall–Kier alpha value is -1.96. The monoisotopic (exact) mass is 332 g/mol. The molecular formula is C17H24N4O3. The van der Waals surface area contributed by atoms with E-state index >= 15 is 0 Å². The maximum Gasteiger partial charge on any atom is 0.134 e. The van der Waals surface area contributed by atoms with Crippen molar-refractivity contribution >= 4 is 0 Å². The summed E-state index contributed by atoms with van der Waals surface area (Å²) in [7, 11) is 1.91. The Labute approximate surface area is 141 Å². The van der Waals surface area contributed by atoms with Gasteiger partial charge in [0.2, 0.25) is 0 Å². The van der Waals surface area contributed by atoms with Gasteiger partial charge in [-0.25, -0.2) is 4.68 Å². The van der Waals surface area contributed by atoms with E-state index in [1.165, 1.54) is 0 Å². The van der Waals surface area contributed by atoms with Gasteiger partial charge in [0, 0.05) is 25.1 Å². The molecule has 0 spiro atoms. The van der Waals surface area contributed by atoms with Crippen molar-refractivity contribution in [3.8, 4) is 5.75 Å². The molecule has 0 bridgehead atoms. The van der Waals surface area contributed by atoms with Crippen molar-refractivity contribution in [3.05, 3.63) is 41.7 Å². The van der Waals surface area contributed by atoms with Gasteiger partial charge in [-0.1, -0.05) is 23.4 Å². The molecule has 0 saturated carbocycles. The van der Waals surface area contributed by atoms with Crippen LogP contribution < -0.4 is 10.1 Å². The van der Waals surface area contributed by atoms with Crippen molar-refractivity contribution in [1.29, 1.82) is 0 Å². The predicted octanol–water partition coefficient (Wildman–Crippen LogP) is 1.12. The van der Waals surface area contributed by atoms with Crippen LogP contribution in [0.2, 0.25) is 0 Å². The summed E-state index contributed by atoms with van der Waals surface area (Å²) >= 11 is 0. The van der Waals surface area contributed by atoms with E-state index in [1.54, 1.807) is 4.68 Å². The van der Waals surface area contributed by atoms with Crippen molar-refractivity contribution in [2.45, 2.75) is 44.7 Å². The zero-order valence-electron chi connectivity index (χ0n) is 13.9. The minimum Gasteiger partial charge on any atom is -0.487 e. The first-order chi connectivity index (χ1) is 11.7. The molecule has 1 aliphatic heterocycles. The summed E-state index contributed by atoms with van der Waals surface area (Å²) in [4.78, 5) is 0. The van der Waals surface area contributed by atoms with Crippen LogP contribution in [0, 0.1) is 0 Å². The normalized spacial score (nSPS) is 20.9. The second-order valence-corrected chi connectivity index (χ2v) is 6.03. The summed E-state index contributed by atoms with van der Waals surface area (Å²) in [5, 5.41) is 21.1. The lowest BCUT2D eigenvalue weighted by atomic mass is 10.1. The average molecular weight is 332 g/mol. The molecule has 24 heavy (non-hydrogen) atoms. The van der Waals surface area contributed by atoms with Crippen LogP contribution in [0.5, 0.6) is 5.75 Å².